The number of aromatic amines is 1. The fourth-order valence-corrected chi connectivity index (χ4v) is 6.66. The fraction of sp³-hybridized carbons (Fsp3) is 0.475. The first kappa shape index (κ1) is 43.9. The Labute approximate surface area is 313 Å². The number of aliphatic hydroxyl groups excluding tert-OH is 3. The van der Waals surface area contributed by atoms with E-state index in [0.29, 0.717) is 46.9 Å². The van der Waals surface area contributed by atoms with Crippen molar-refractivity contribution in [3.8, 4) is 11.5 Å². The van der Waals surface area contributed by atoms with Crippen LogP contribution in [0.1, 0.15) is 81.9 Å². The lowest BCUT2D eigenvalue weighted by Gasteiger charge is -2.39. The van der Waals surface area contributed by atoms with Gasteiger partial charge in [0.2, 0.25) is 0 Å². The molecule has 0 bridgehead atoms. The van der Waals surface area contributed by atoms with Gasteiger partial charge in [0.25, 0.3) is 0 Å². The summed E-state index contributed by atoms with van der Waals surface area (Å²) in [5, 5.41) is 38.3. The van der Waals surface area contributed by atoms with Crippen molar-refractivity contribution in [3.05, 3.63) is 119 Å². The minimum Gasteiger partial charge on any atom is -0.496 e. The van der Waals surface area contributed by atoms with Crippen LogP contribution in [-0.4, -0.2) is 60.5 Å². The van der Waals surface area contributed by atoms with Crippen molar-refractivity contribution in [1.82, 2.24) is 14.5 Å². The second-order valence-corrected chi connectivity index (χ2v) is 14.2. The Balaban J connectivity index is 0.000000277. The van der Waals surface area contributed by atoms with Gasteiger partial charge in [0, 0.05) is 69.6 Å². The highest BCUT2D eigenvalue weighted by Crippen LogP contribution is 2.46. The van der Waals surface area contributed by atoms with Crippen molar-refractivity contribution < 1.29 is 43.1 Å². The molecule has 1 aliphatic rings. The third kappa shape index (κ3) is 9.59. The number of para-hydroxylation sites is 1. The van der Waals surface area contributed by atoms with Gasteiger partial charge in [-0.15, -0.1) is 0 Å². The second-order valence-electron chi connectivity index (χ2n) is 14.2. The molecule has 0 fully saturated rings. The molecule has 0 amide bonds. The molecule has 5 N–H and O–H groups in total. The third-order valence-corrected chi connectivity index (χ3v) is 9.79. The number of hydrogen-bond acceptors (Lipinski definition) is 9. The second kappa shape index (κ2) is 17.8. The summed E-state index contributed by atoms with van der Waals surface area (Å²) in [6, 6.07) is 5.40. The van der Waals surface area contributed by atoms with Gasteiger partial charge in [0.1, 0.15) is 11.5 Å². The highest BCUT2D eigenvalue weighted by atomic mass is 19.4. The number of fused-ring (bicyclic) bond motifs is 1. The lowest BCUT2D eigenvalue weighted by Crippen LogP contribution is -2.52. The monoisotopic (exact) mass is 759 g/mol. The van der Waals surface area contributed by atoms with Crippen LogP contribution in [0.3, 0.4) is 0 Å². The number of benzene rings is 1. The molecule has 0 aliphatic carbocycles. The molecule has 1 unspecified atom stereocenters. The zero-order valence-corrected chi connectivity index (χ0v) is 32.4. The number of aryl methyl sites for hydroxylation is 3. The van der Waals surface area contributed by atoms with Crippen molar-refractivity contribution in [2.45, 2.75) is 112 Å². The Kier molecular flexibility index (Phi) is 14.4. The van der Waals surface area contributed by atoms with Crippen LogP contribution in [0.2, 0.25) is 0 Å². The number of ether oxygens (including phenoxy) is 2. The van der Waals surface area contributed by atoms with E-state index >= 15 is 0 Å². The highest BCUT2D eigenvalue weighted by molar-refractivity contribution is 5.48. The van der Waals surface area contributed by atoms with E-state index < -0.39 is 36.8 Å². The number of aromatic nitrogens is 3. The van der Waals surface area contributed by atoms with Gasteiger partial charge in [-0.25, -0.2) is 0 Å². The van der Waals surface area contributed by atoms with Gasteiger partial charge in [-0.05, 0) is 58.9 Å². The number of nitrogens with zero attached hydrogens (tertiary/aromatic N) is 2. The van der Waals surface area contributed by atoms with E-state index in [1.807, 2.05) is 19.9 Å². The maximum atomic E-state index is 14.2. The first-order valence-corrected chi connectivity index (χ1v) is 17.4. The molecule has 1 aliphatic heterocycles. The number of methoxy groups -OCH3 is 1. The number of hydrogen-bond donors (Lipinski definition) is 5. The molecule has 4 aromatic rings. The Morgan fingerprint density at radius 2 is 1.56 bits per heavy atom. The summed E-state index contributed by atoms with van der Waals surface area (Å²) >= 11 is 0. The minimum absolute atomic E-state index is 0.00722. The Hall–Kier alpha value is -4.50. The van der Waals surface area contributed by atoms with Crippen LogP contribution < -0.4 is 20.3 Å². The SMILES string of the molecule is COc1c(C)cnc(CO)c1C.Cc1c[nH]c(CO)c(C)c1=O.Cc1cn(CC(O)(CC(C)(C)c2cccc3c2OCC3)C(F)(F)F)c(CO)c(C)c1=O. The van der Waals surface area contributed by atoms with E-state index in [-0.39, 0.29) is 40.9 Å². The zero-order chi connectivity index (χ0) is 40.8. The van der Waals surface area contributed by atoms with Crippen LogP contribution in [-0.2, 0) is 38.2 Å². The van der Waals surface area contributed by atoms with Crippen LogP contribution in [0, 0.1) is 41.5 Å². The summed E-state index contributed by atoms with van der Waals surface area (Å²) in [6.45, 7) is 12.4. The van der Waals surface area contributed by atoms with E-state index in [2.05, 4.69) is 9.97 Å². The molecular weight excluding hydrogens is 707 g/mol. The van der Waals surface area contributed by atoms with Crippen LogP contribution in [0.4, 0.5) is 13.2 Å². The largest absolute Gasteiger partial charge is 0.496 e. The number of alkyl halides is 3. The van der Waals surface area contributed by atoms with Crippen LogP contribution in [0.25, 0.3) is 0 Å². The topological polar surface area (TPSA) is 167 Å². The molecular formula is C40H52F3N3O8. The zero-order valence-electron chi connectivity index (χ0n) is 32.4. The van der Waals surface area contributed by atoms with Gasteiger partial charge < -0.3 is 39.5 Å². The molecule has 3 aromatic heterocycles. The minimum atomic E-state index is -4.94. The van der Waals surface area contributed by atoms with Gasteiger partial charge in [-0.2, -0.15) is 13.2 Å². The van der Waals surface area contributed by atoms with Crippen LogP contribution in [0.5, 0.6) is 11.5 Å². The average Bonchev–Trinajstić information content (AvgIpc) is 3.59. The molecule has 5 rings (SSSR count). The smallest absolute Gasteiger partial charge is 0.418 e. The molecule has 1 atom stereocenters. The highest BCUT2D eigenvalue weighted by Gasteiger charge is 2.56. The van der Waals surface area contributed by atoms with Gasteiger partial charge >= 0.3 is 6.18 Å². The molecule has 1 aromatic carbocycles. The van der Waals surface area contributed by atoms with Gasteiger partial charge in [0.15, 0.2) is 16.5 Å². The van der Waals surface area contributed by atoms with Crippen molar-refractivity contribution in [3.63, 3.8) is 0 Å². The number of nitrogens with one attached hydrogen (secondary N) is 1. The Morgan fingerprint density at radius 3 is 2.13 bits per heavy atom. The number of halogens is 3. The van der Waals surface area contributed by atoms with Gasteiger partial charge in [-0.3, -0.25) is 14.6 Å². The summed E-state index contributed by atoms with van der Waals surface area (Å²) in [4.78, 5) is 30.3. The number of aliphatic hydroxyl groups is 4. The molecule has 14 heteroatoms. The standard InChI is InChI=1S/C23H28F3NO4.C9H13NO2.C8H11NO2/c1-14-10-27(18(11-28)15(2)19(14)29)13-22(30,23(24,25)26)12-21(3,4)17-7-5-6-16-8-9-31-20(16)17;1-6-4-10-8(5-11)7(2)9(6)12-3;1-5-3-9-7(4-10)6(2)8(5)11/h5-7,10,28,30H,8-9,11-13H2,1-4H3;4,11H,5H2,1-3H3;3,10H,4H2,1-2H3,(H,9,11). The lowest BCUT2D eigenvalue weighted by molar-refractivity contribution is -0.271. The first-order chi connectivity index (χ1) is 25.2. The normalized spacial score (nSPS) is 13.5. The molecule has 0 saturated heterocycles. The van der Waals surface area contributed by atoms with E-state index in [1.165, 1.54) is 20.0 Å². The Bertz CT molecular complexity index is 2060. The molecule has 0 saturated carbocycles. The quantitative estimate of drug-likeness (QED) is 0.154. The maximum Gasteiger partial charge on any atom is 0.418 e. The number of H-pyrrole nitrogens is 1. The summed E-state index contributed by atoms with van der Waals surface area (Å²) < 4.78 is 54.6. The van der Waals surface area contributed by atoms with Crippen molar-refractivity contribution in [2.75, 3.05) is 13.7 Å². The maximum absolute atomic E-state index is 14.2. The summed E-state index contributed by atoms with van der Waals surface area (Å²) in [5.41, 5.74) is 1.99. The number of rotatable bonds is 9. The van der Waals surface area contributed by atoms with Crippen LogP contribution in [0.15, 0.2) is 46.4 Å². The third-order valence-electron chi connectivity index (χ3n) is 9.79. The van der Waals surface area contributed by atoms with E-state index in [1.54, 1.807) is 59.3 Å². The lowest BCUT2D eigenvalue weighted by atomic mass is 9.74. The van der Waals surface area contributed by atoms with Crippen LogP contribution >= 0.6 is 0 Å². The fourth-order valence-electron chi connectivity index (χ4n) is 6.66. The molecule has 11 nitrogen and oxygen atoms in total. The van der Waals surface area contributed by atoms with Crippen molar-refractivity contribution >= 4 is 0 Å². The predicted octanol–water partition coefficient (Wildman–Crippen LogP) is 5.24. The molecule has 0 radical (unpaired) electrons. The predicted molar refractivity (Wildman–Crippen MR) is 199 cm³/mol. The average molecular weight is 760 g/mol. The summed E-state index contributed by atoms with van der Waals surface area (Å²) in [5.74, 6) is 1.40. The molecule has 4 heterocycles. The van der Waals surface area contributed by atoms with Gasteiger partial charge in [0.05, 0.1) is 51.5 Å². The van der Waals surface area contributed by atoms with Crippen molar-refractivity contribution in [2.24, 2.45) is 0 Å². The van der Waals surface area contributed by atoms with E-state index in [4.69, 9.17) is 19.7 Å². The van der Waals surface area contributed by atoms with E-state index in [9.17, 15) is 33.0 Å². The van der Waals surface area contributed by atoms with Gasteiger partial charge in [-0.1, -0.05) is 32.0 Å². The molecule has 54 heavy (non-hydrogen) atoms. The van der Waals surface area contributed by atoms with Crippen molar-refractivity contribution in [1.29, 1.82) is 0 Å². The summed E-state index contributed by atoms with van der Waals surface area (Å²) in [7, 11) is 1.62. The molecule has 0 spiro atoms. The number of pyridine rings is 3. The summed E-state index contributed by atoms with van der Waals surface area (Å²) in [6.07, 6.45) is -0.302. The molecule has 296 valence electrons. The first-order valence-electron chi connectivity index (χ1n) is 17.4. The van der Waals surface area contributed by atoms with E-state index in [0.717, 1.165) is 27.0 Å². The Morgan fingerprint density at radius 1 is 0.907 bits per heavy atom.